The van der Waals surface area contributed by atoms with Crippen molar-refractivity contribution in [3.05, 3.63) is 59.4 Å². The second kappa shape index (κ2) is 4.57. The van der Waals surface area contributed by atoms with E-state index in [0.717, 1.165) is 17.4 Å². The van der Waals surface area contributed by atoms with Crippen LogP contribution in [0.3, 0.4) is 0 Å². The molecule has 1 heterocycles. The van der Waals surface area contributed by atoms with Gasteiger partial charge in [0.05, 0.1) is 0 Å². The highest BCUT2D eigenvalue weighted by molar-refractivity contribution is 5.77. The number of hydrogen-bond acceptors (Lipinski definition) is 3. The molecule has 0 unspecified atom stereocenters. The van der Waals surface area contributed by atoms with Crippen LogP contribution in [0.5, 0.6) is 5.75 Å². The molecule has 2 rings (SSSR count). The number of benzene rings is 1. The van der Waals surface area contributed by atoms with Crippen LogP contribution in [0.25, 0.3) is 0 Å². The van der Waals surface area contributed by atoms with Gasteiger partial charge in [0.15, 0.2) is 0 Å². The molecule has 2 aromatic rings. The lowest BCUT2D eigenvalue weighted by Crippen LogP contribution is -1.94. The summed E-state index contributed by atoms with van der Waals surface area (Å²) in [5.41, 5.74) is 2.42. The van der Waals surface area contributed by atoms with E-state index in [1.165, 1.54) is 6.07 Å². The van der Waals surface area contributed by atoms with Gasteiger partial charge in [0.1, 0.15) is 12.0 Å². The Morgan fingerprint density at radius 2 is 2.19 bits per heavy atom. The van der Waals surface area contributed by atoms with Crippen LogP contribution in [0.1, 0.15) is 21.5 Å². The maximum absolute atomic E-state index is 10.8. The average molecular weight is 213 g/mol. The Morgan fingerprint density at radius 1 is 1.31 bits per heavy atom. The van der Waals surface area contributed by atoms with Crippen molar-refractivity contribution in [1.29, 1.82) is 0 Å². The van der Waals surface area contributed by atoms with Crippen molar-refractivity contribution < 1.29 is 9.90 Å². The third kappa shape index (κ3) is 2.25. The normalized spacial score (nSPS) is 10.0. The summed E-state index contributed by atoms with van der Waals surface area (Å²) in [6.07, 6.45) is 4.84. The van der Waals surface area contributed by atoms with Gasteiger partial charge in [0, 0.05) is 18.0 Å². The van der Waals surface area contributed by atoms with Crippen LogP contribution in [-0.2, 0) is 6.42 Å². The van der Waals surface area contributed by atoms with E-state index in [9.17, 15) is 9.90 Å². The Hall–Kier alpha value is -2.16. The average Bonchev–Trinajstić information content (AvgIpc) is 2.31. The van der Waals surface area contributed by atoms with E-state index < -0.39 is 0 Å². The number of pyridine rings is 1. The Kier molecular flexibility index (Phi) is 2.96. The molecule has 80 valence electrons. The van der Waals surface area contributed by atoms with E-state index >= 15 is 0 Å². The number of rotatable bonds is 3. The zero-order chi connectivity index (χ0) is 11.4. The minimum Gasteiger partial charge on any atom is -0.508 e. The second-order valence-electron chi connectivity index (χ2n) is 3.54. The Balaban J connectivity index is 2.33. The molecular weight excluding hydrogens is 202 g/mol. The molecule has 3 nitrogen and oxygen atoms in total. The van der Waals surface area contributed by atoms with Gasteiger partial charge in [-0.15, -0.1) is 0 Å². The van der Waals surface area contributed by atoms with Crippen LogP contribution in [0.4, 0.5) is 0 Å². The van der Waals surface area contributed by atoms with Gasteiger partial charge in [-0.25, -0.2) is 0 Å². The first-order valence-electron chi connectivity index (χ1n) is 4.95. The number of aromatic nitrogens is 1. The fraction of sp³-hybridized carbons (Fsp3) is 0.0769. The monoisotopic (exact) mass is 213 g/mol. The van der Waals surface area contributed by atoms with Crippen molar-refractivity contribution in [3.63, 3.8) is 0 Å². The number of carbonyl (C=O) groups is 1. The molecule has 3 heteroatoms. The molecule has 0 atom stereocenters. The quantitative estimate of drug-likeness (QED) is 0.795. The molecule has 0 saturated carbocycles. The molecule has 0 aliphatic carbocycles. The highest BCUT2D eigenvalue weighted by Crippen LogP contribution is 2.18. The summed E-state index contributed by atoms with van der Waals surface area (Å²) in [6.45, 7) is 0. The van der Waals surface area contributed by atoms with E-state index in [-0.39, 0.29) is 5.75 Å². The van der Waals surface area contributed by atoms with Crippen molar-refractivity contribution in [2.75, 3.05) is 0 Å². The number of hydrogen-bond donors (Lipinski definition) is 1. The summed E-state index contributed by atoms with van der Waals surface area (Å²) >= 11 is 0. The van der Waals surface area contributed by atoms with Crippen LogP contribution >= 0.6 is 0 Å². The molecule has 0 aliphatic heterocycles. The predicted octanol–water partition coefficient (Wildman–Crippen LogP) is 2.19. The molecule has 0 bridgehead atoms. The Labute approximate surface area is 93.4 Å². The van der Waals surface area contributed by atoms with Crippen molar-refractivity contribution in [1.82, 2.24) is 4.98 Å². The lowest BCUT2D eigenvalue weighted by molar-refractivity contribution is 0.112. The first-order valence-corrected chi connectivity index (χ1v) is 4.95. The largest absolute Gasteiger partial charge is 0.508 e. The molecule has 0 aliphatic rings. The third-order valence-electron chi connectivity index (χ3n) is 2.37. The van der Waals surface area contributed by atoms with Crippen LogP contribution in [-0.4, -0.2) is 16.4 Å². The van der Waals surface area contributed by atoms with Gasteiger partial charge in [-0.2, -0.15) is 0 Å². The number of aromatic hydroxyl groups is 1. The maximum Gasteiger partial charge on any atom is 0.150 e. The van der Waals surface area contributed by atoms with Gasteiger partial charge in [-0.05, 0) is 41.8 Å². The smallest absolute Gasteiger partial charge is 0.150 e. The summed E-state index contributed by atoms with van der Waals surface area (Å²) in [7, 11) is 0. The number of carbonyl (C=O) groups excluding carboxylic acids is 1. The van der Waals surface area contributed by atoms with Crippen LogP contribution in [0.15, 0.2) is 42.7 Å². The van der Waals surface area contributed by atoms with Gasteiger partial charge in [-0.3, -0.25) is 9.78 Å². The zero-order valence-electron chi connectivity index (χ0n) is 8.63. The van der Waals surface area contributed by atoms with E-state index in [2.05, 4.69) is 4.98 Å². The molecular formula is C13H11NO2. The van der Waals surface area contributed by atoms with Crippen LogP contribution in [0.2, 0.25) is 0 Å². The maximum atomic E-state index is 10.8. The van der Waals surface area contributed by atoms with Crippen molar-refractivity contribution >= 4 is 6.29 Å². The lowest BCUT2D eigenvalue weighted by atomic mass is 10.0. The molecule has 16 heavy (non-hydrogen) atoms. The molecule has 1 aromatic carbocycles. The Morgan fingerprint density at radius 3 is 2.88 bits per heavy atom. The molecule has 1 N–H and O–H groups in total. The SMILES string of the molecule is O=Cc1ccc(O)cc1Cc1cccnc1. The standard InChI is InChI=1S/C13H11NO2/c15-9-11-3-4-13(16)7-12(11)6-10-2-1-5-14-8-10/h1-5,7-9,16H,6H2. The van der Waals surface area contributed by atoms with Crippen molar-refractivity contribution in [2.45, 2.75) is 6.42 Å². The lowest BCUT2D eigenvalue weighted by Gasteiger charge is -2.05. The minimum absolute atomic E-state index is 0.171. The first kappa shape index (κ1) is 10.4. The van der Waals surface area contributed by atoms with Gasteiger partial charge < -0.3 is 5.11 Å². The molecule has 1 aromatic heterocycles. The van der Waals surface area contributed by atoms with Gasteiger partial charge in [-0.1, -0.05) is 6.07 Å². The number of aldehydes is 1. The summed E-state index contributed by atoms with van der Waals surface area (Å²) in [5, 5.41) is 9.38. The zero-order valence-corrected chi connectivity index (χ0v) is 8.63. The van der Waals surface area contributed by atoms with Crippen LogP contribution < -0.4 is 0 Å². The highest BCUT2D eigenvalue weighted by atomic mass is 16.3. The second-order valence-corrected chi connectivity index (χ2v) is 3.54. The topological polar surface area (TPSA) is 50.2 Å². The molecule has 0 saturated heterocycles. The van der Waals surface area contributed by atoms with Gasteiger partial charge in [0.25, 0.3) is 0 Å². The fourth-order valence-corrected chi connectivity index (χ4v) is 1.58. The van der Waals surface area contributed by atoms with E-state index in [1.54, 1.807) is 24.5 Å². The van der Waals surface area contributed by atoms with E-state index in [4.69, 9.17) is 0 Å². The number of phenols is 1. The van der Waals surface area contributed by atoms with Crippen molar-refractivity contribution in [2.24, 2.45) is 0 Å². The Bertz CT molecular complexity index is 495. The molecule has 0 fully saturated rings. The highest BCUT2D eigenvalue weighted by Gasteiger charge is 2.04. The van der Waals surface area contributed by atoms with Gasteiger partial charge in [0.2, 0.25) is 0 Å². The predicted molar refractivity (Wildman–Crippen MR) is 60.5 cm³/mol. The number of phenolic OH excluding ortho intramolecular Hbond substituents is 1. The number of nitrogens with zero attached hydrogens (tertiary/aromatic N) is 1. The summed E-state index contributed by atoms with van der Waals surface area (Å²) in [5.74, 6) is 0.171. The fourth-order valence-electron chi connectivity index (χ4n) is 1.58. The third-order valence-corrected chi connectivity index (χ3v) is 2.37. The summed E-state index contributed by atoms with van der Waals surface area (Å²) in [6, 6.07) is 8.52. The molecule has 0 spiro atoms. The van der Waals surface area contributed by atoms with E-state index in [0.29, 0.717) is 12.0 Å². The molecule has 0 radical (unpaired) electrons. The molecule has 0 amide bonds. The summed E-state index contributed by atoms with van der Waals surface area (Å²) in [4.78, 5) is 14.8. The van der Waals surface area contributed by atoms with Gasteiger partial charge >= 0.3 is 0 Å². The first-order chi connectivity index (χ1) is 7.79. The minimum atomic E-state index is 0.171. The van der Waals surface area contributed by atoms with Crippen LogP contribution in [0, 0.1) is 0 Å². The summed E-state index contributed by atoms with van der Waals surface area (Å²) < 4.78 is 0. The van der Waals surface area contributed by atoms with E-state index in [1.807, 2.05) is 12.1 Å². The van der Waals surface area contributed by atoms with Crippen molar-refractivity contribution in [3.8, 4) is 5.75 Å².